The van der Waals surface area contributed by atoms with E-state index in [-0.39, 0.29) is 12.1 Å². The van der Waals surface area contributed by atoms with Crippen molar-refractivity contribution in [2.24, 2.45) is 5.73 Å². The lowest BCUT2D eigenvalue weighted by Crippen LogP contribution is -2.26. The summed E-state index contributed by atoms with van der Waals surface area (Å²) in [6.45, 7) is 4.66. The minimum Gasteiger partial charge on any atom is -0.366 e. The maximum atomic E-state index is 6.06. The number of hydrogen-bond donors (Lipinski definition) is 1. The van der Waals surface area contributed by atoms with Crippen LogP contribution in [0.4, 0.5) is 0 Å². The minimum atomic E-state index is -0.0426. The van der Waals surface area contributed by atoms with Crippen LogP contribution in [0.2, 0.25) is 0 Å². The molecule has 19 heavy (non-hydrogen) atoms. The molecule has 1 heterocycles. The van der Waals surface area contributed by atoms with Crippen molar-refractivity contribution in [3.63, 3.8) is 0 Å². The highest BCUT2D eigenvalue weighted by atomic mass is 79.9. The van der Waals surface area contributed by atoms with Crippen LogP contribution in [0.25, 0.3) is 0 Å². The van der Waals surface area contributed by atoms with Crippen LogP contribution in [0.5, 0.6) is 0 Å². The van der Waals surface area contributed by atoms with Crippen LogP contribution in [0, 0.1) is 6.92 Å². The summed E-state index contributed by atoms with van der Waals surface area (Å²) in [5.41, 5.74) is 8.46. The van der Waals surface area contributed by atoms with E-state index in [4.69, 9.17) is 10.5 Å². The first kappa shape index (κ1) is 14.7. The first-order valence-electron chi connectivity index (χ1n) is 6.23. The second-order valence-corrected chi connectivity index (χ2v) is 6.55. The van der Waals surface area contributed by atoms with Crippen LogP contribution in [0.3, 0.4) is 0 Å². The molecule has 4 heteroatoms. The lowest BCUT2D eigenvalue weighted by Gasteiger charge is -2.21. The zero-order valence-electron chi connectivity index (χ0n) is 11.1. The maximum absolute atomic E-state index is 6.06. The summed E-state index contributed by atoms with van der Waals surface area (Å²) in [6, 6.07) is 10.2. The molecule has 0 fully saturated rings. The maximum Gasteiger partial charge on any atom is 0.107 e. The number of hydrogen-bond acceptors (Lipinski definition) is 3. The van der Waals surface area contributed by atoms with Gasteiger partial charge in [0.05, 0.1) is 6.61 Å². The third-order valence-electron chi connectivity index (χ3n) is 2.96. The average Bonchev–Trinajstić information content (AvgIpc) is 2.76. The van der Waals surface area contributed by atoms with E-state index in [1.54, 1.807) is 11.3 Å². The van der Waals surface area contributed by atoms with Gasteiger partial charge in [-0.1, -0.05) is 28.1 Å². The van der Waals surface area contributed by atoms with Crippen molar-refractivity contribution >= 4 is 27.3 Å². The number of rotatable bonds is 5. The number of benzene rings is 1. The zero-order valence-corrected chi connectivity index (χ0v) is 13.5. The molecule has 0 amide bonds. The Kier molecular flexibility index (Phi) is 5.16. The fraction of sp³-hybridized carbons (Fsp3) is 0.333. The van der Waals surface area contributed by atoms with Crippen molar-refractivity contribution in [1.29, 1.82) is 0 Å². The number of nitrogens with two attached hydrogens (primary N) is 1. The molecule has 1 aromatic heterocycles. The van der Waals surface area contributed by atoms with Gasteiger partial charge in [-0.05, 0) is 48.6 Å². The third-order valence-corrected chi connectivity index (χ3v) is 4.53. The highest BCUT2D eigenvalue weighted by Gasteiger charge is 2.20. The van der Waals surface area contributed by atoms with Crippen molar-refractivity contribution < 1.29 is 4.74 Å². The Morgan fingerprint density at radius 2 is 2.16 bits per heavy atom. The molecule has 0 radical (unpaired) electrons. The lowest BCUT2D eigenvalue weighted by molar-refractivity contribution is 0.0279. The molecule has 2 rings (SSSR count). The Labute approximate surface area is 126 Å². The lowest BCUT2D eigenvalue weighted by atomic mass is 10.1. The van der Waals surface area contributed by atoms with Crippen LogP contribution in [-0.2, 0) is 11.3 Å². The third kappa shape index (κ3) is 3.89. The Morgan fingerprint density at radius 1 is 1.37 bits per heavy atom. The Hall–Kier alpha value is -0.680. The zero-order chi connectivity index (χ0) is 13.8. The topological polar surface area (TPSA) is 35.2 Å². The number of thiophene rings is 1. The highest BCUT2D eigenvalue weighted by molar-refractivity contribution is 9.10. The molecule has 2 aromatic rings. The van der Waals surface area contributed by atoms with Crippen molar-refractivity contribution in [2.75, 3.05) is 0 Å². The van der Waals surface area contributed by atoms with Crippen LogP contribution in [0.1, 0.15) is 29.0 Å². The molecule has 1 aromatic carbocycles. The van der Waals surface area contributed by atoms with E-state index in [1.807, 2.05) is 19.1 Å². The number of halogens is 1. The normalized spacial score (nSPS) is 14.3. The summed E-state index contributed by atoms with van der Waals surface area (Å²) < 4.78 is 7.10. The molecule has 0 aliphatic rings. The predicted molar refractivity (Wildman–Crippen MR) is 84.4 cm³/mol. The fourth-order valence-corrected chi connectivity index (χ4v) is 3.49. The second-order valence-electron chi connectivity index (χ2n) is 4.69. The van der Waals surface area contributed by atoms with Gasteiger partial charge in [-0.15, -0.1) is 11.3 Å². The van der Waals surface area contributed by atoms with Gasteiger partial charge in [0.25, 0.3) is 0 Å². The first-order valence-corrected chi connectivity index (χ1v) is 7.91. The van der Waals surface area contributed by atoms with Gasteiger partial charge in [0.15, 0.2) is 0 Å². The van der Waals surface area contributed by atoms with E-state index in [2.05, 4.69) is 46.4 Å². The summed E-state index contributed by atoms with van der Waals surface area (Å²) in [5, 5.41) is 2.09. The quantitative estimate of drug-likeness (QED) is 0.874. The van der Waals surface area contributed by atoms with E-state index in [0.717, 1.165) is 10.0 Å². The van der Waals surface area contributed by atoms with Gasteiger partial charge in [-0.3, -0.25) is 0 Å². The van der Waals surface area contributed by atoms with Crippen LogP contribution in [-0.4, -0.2) is 6.04 Å². The molecule has 2 unspecified atom stereocenters. The number of ether oxygens (including phenoxy) is 1. The molecule has 2 atom stereocenters. The van der Waals surface area contributed by atoms with Gasteiger partial charge >= 0.3 is 0 Å². The van der Waals surface area contributed by atoms with Gasteiger partial charge in [0.1, 0.15) is 6.10 Å². The molecular weight excluding hydrogens is 322 g/mol. The van der Waals surface area contributed by atoms with Crippen molar-refractivity contribution in [2.45, 2.75) is 32.6 Å². The van der Waals surface area contributed by atoms with Gasteiger partial charge in [-0.25, -0.2) is 0 Å². The molecule has 0 spiro atoms. The molecule has 102 valence electrons. The molecule has 0 aliphatic carbocycles. The molecule has 0 aliphatic heterocycles. The van der Waals surface area contributed by atoms with Gasteiger partial charge in [0, 0.05) is 15.4 Å². The van der Waals surface area contributed by atoms with Crippen LogP contribution in [0.15, 0.2) is 40.2 Å². The SMILES string of the molecule is Cc1ccsc1C(OCc1cccc(Br)c1)C(C)N. The monoisotopic (exact) mass is 339 g/mol. The molecule has 0 bridgehead atoms. The van der Waals surface area contributed by atoms with Crippen LogP contribution < -0.4 is 5.73 Å². The Morgan fingerprint density at radius 3 is 2.74 bits per heavy atom. The predicted octanol–water partition coefficient (Wildman–Crippen LogP) is 4.42. The van der Waals surface area contributed by atoms with E-state index >= 15 is 0 Å². The standard InChI is InChI=1S/C15H18BrNOS/c1-10-6-7-19-15(10)14(11(2)17)18-9-12-4-3-5-13(16)8-12/h3-8,11,14H,9,17H2,1-2H3. The average molecular weight is 340 g/mol. The van der Waals surface area contributed by atoms with Crippen molar-refractivity contribution in [1.82, 2.24) is 0 Å². The summed E-state index contributed by atoms with van der Waals surface area (Å²) >= 11 is 5.18. The smallest absolute Gasteiger partial charge is 0.107 e. The van der Waals surface area contributed by atoms with E-state index < -0.39 is 0 Å². The fourth-order valence-electron chi connectivity index (χ4n) is 1.95. The molecule has 2 N–H and O–H groups in total. The van der Waals surface area contributed by atoms with Gasteiger partial charge in [-0.2, -0.15) is 0 Å². The molecular formula is C15H18BrNOS. The second kappa shape index (κ2) is 6.66. The summed E-state index contributed by atoms with van der Waals surface area (Å²) in [4.78, 5) is 1.23. The van der Waals surface area contributed by atoms with E-state index in [1.165, 1.54) is 10.4 Å². The number of aryl methyl sites for hydroxylation is 1. The highest BCUT2D eigenvalue weighted by Crippen LogP contribution is 2.29. The van der Waals surface area contributed by atoms with Crippen LogP contribution >= 0.6 is 27.3 Å². The summed E-state index contributed by atoms with van der Waals surface area (Å²) in [5.74, 6) is 0. The van der Waals surface area contributed by atoms with Crippen molar-refractivity contribution in [3.05, 3.63) is 56.2 Å². The summed E-state index contributed by atoms with van der Waals surface area (Å²) in [7, 11) is 0. The Balaban J connectivity index is 2.08. The Bertz CT molecular complexity index is 538. The minimum absolute atomic E-state index is 0.0236. The van der Waals surface area contributed by atoms with Crippen molar-refractivity contribution in [3.8, 4) is 0 Å². The summed E-state index contributed by atoms with van der Waals surface area (Å²) in [6.07, 6.45) is -0.0426. The van der Waals surface area contributed by atoms with E-state index in [0.29, 0.717) is 6.61 Å². The molecule has 2 nitrogen and oxygen atoms in total. The first-order chi connectivity index (χ1) is 9.08. The van der Waals surface area contributed by atoms with Gasteiger partial charge in [0.2, 0.25) is 0 Å². The van der Waals surface area contributed by atoms with Gasteiger partial charge < -0.3 is 10.5 Å². The molecule has 0 saturated carbocycles. The van der Waals surface area contributed by atoms with E-state index in [9.17, 15) is 0 Å². The molecule has 0 saturated heterocycles. The largest absolute Gasteiger partial charge is 0.366 e.